The molecule has 1 aromatic rings. The van der Waals surface area contributed by atoms with Crippen molar-refractivity contribution in [3.8, 4) is 0 Å². The average molecular weight is 250 g/mol. The molecule has 4 heteroatoms. The van der Waals surface area contributed by atoms with Gasteiger partial charge < -0.3 is 15.4 Å². The Morgan fingerprint density at radius 2 is 2.28 bits per heavy atom. The third kappa shape index (κ3) is 1.63. The Morgan fingerprint density at radius 1 is 1.50 bits per heavy atom. The second-order valence-corrected chi connectivity index (χ2v) is 5.37. The molecule has 1 aromatic carbocycles. The summed E-state index contributed by atoms with van der Waals surface area (Å²) in [7, 11) is 1.74. The van der Waals surface area contributed by atoms with E-state index in [9.17, 15) is 4.39 Å². The largest absolute Gasteiger partial charge is 0.381 e. The van der Waals surface area contributed by atoms with E-state index in [-0.39, 0.29) is 11.4 Å². The van der Waals surface area contributed by atoms with E-state index in [0.717, 1.165) is 31.5 Å². The highest BCUT2D eigenvalue weighted by molar-refractivity contribution is 5.61. The molecule has 1 heterocycles. The predicted molar refractivity (Wildman–Crippen MR) is 69.3 cm³/mol. The first-order chi connectivity index (χ1) is 8.68. The number of benzene rings is 1. The second kappa shape index (κ2) is 4.21. The number of nitrogens with zero attached hydrogens (tertiary/aromatic N) is 1. The van der Waals surface area contributed by atoms with Crippen LogP contribution < -0.4 is 10.6 Å². The Morgan fingerprint density at radius 3 is 2.94 bits per heavy atom. The van der Waals surface area contributed by atoms with E-state index in [1.54, 1.807) is 13.2 Å². The normalized spacial score (nSPS) is 30.2. The van der Waals surface area contributed by atoms with Gasteiger partial charge in [0, 0.05) is 25.9 Å². The molecule has 1 aliphatic carbocycles. The van der Waals surface area contributed by atoms with Crippen molar-refractivity contribution in [2.45, 2.75) is 30.9 Å². The van der Waals surface area contributed by atoms with Crippen LogP contribution in [-0.4, -0.2) is 31.8 Å². The van der Waals surface area contributed by atoms with E-state index in [1.807, 2.05) is 6.07 Å². The zero-order chi connectivity index (χ0) is 12.8. The minimum absolute atomic E-state index is 0.0281. The third-order valence-electron chi connectivity index (χ3n) is 4.44. The molecule has 0 bridgehead atoms. The Kier molecular flexibility index (Phi) is 2.79. The molecule has 0 spiro atoms. The summed E-state index contributed by atoms with van der Waals surface area (Å²) in [5, 5.41) is 0. The Labute approximate surface area is 107 Å². The van der Waals surface area contributed by atoms with Gasteiger partial charge in [-0.3, -0.25) is 0 Å². The van der Waals surface area contributed by atoms with Crippen LogP contribution in [0.15, 0.2) is 18.2 Å². The first kappa shape index (κ1) is 11.9. The molecule has 0 amide bonds. The fourth-order valence-electron chi connectivity index (χ4n) is 3.30. The summed E-state index contributed by atoms with van der Waals surface area (Å²) in [6.07, 6.45) is 3.16. The van der Waals surface area contributed by atoms with Crippen LogP contribution in [0.1, 0.15) is 18.4 Å². The van der Waals surface area contributed by atoms with E-state index in [1.165, 1.54) is 11.6 Å². The van der Waals surface area contributed by atoms with Gasteiger partial charge in [0.25, 0.3) is 0 Å². The molecule has 2 aliphatic rings. The highest BCUT2D eigenvalue weighted by atomic mass is 19.1. The fraction of sp³-hybridized carbons (Fsp3) is 0.571. The number of ether oxygens (including phenoxy) is 1. The van der Waals surface area contributed by atoms with Crippen molar-refractivity contribution in [3.05, 3.63) is 29.6 Å². The quantitative estimate of drug-likeness (QED) is 0.887. The maximum absolute atomic E-state index is 13.4. The lowest BCUT2D eigenvalue weighted by atomic mass is 9.72. The molecule has 0 saturated heterocycles. The number of fused-ring (bicyclic) bond motifs is 1. The molecular formula is C14H19FN2O. The predicted octanol–water partition coefficient (Wildman–Crippen LogP) is 1.69. The first-order valence-electron chi connectivity index (χ1n) is 6.47. The van der Waals surface area contributed by atoms with Crippen molar-refractivity contribution in [3.63, 3.8) is 0 Å². The molecule has 1 aliphatic heterocycles. The summed E-state index contributed by atoms with van der Waals surface area (Å²) < 4.78 is 18.8. The summed E-state index contributed by atoms with van der Waals surface area (Å²) in [6.45, 7) is 1.54. The van der Waals surface area contributed by atoms with Crippen LogP contribution in [0.5, 0.6) is 0 Å². The van der Waals surface area contributed by atoms with Crippen molar-refractivity contribution in [1.82, 2.24) is 0 Å². The number of anilines is 1. The third-order valence-corrected chi connectivity index (χ3v) is 4.44. The van der Waals surface area contributed by atoms with Crippen molar-refractivity contribution in [2.75, 3.05) is 25.1 Å². The van der Waals surface area contributed by atoms with Crippen molar-refractivity contribution in [2.24, 2.45) is 5.73 Å². The molecule has 0 aromatic heterocycles. The minimum Gasteiger partial charge on any atom is -0.381 e. The first-order valence-corrected chi connectivity index (χ1v) is 6.47. The number of methoxy groups -OCH3 is 1. The summed E-state index contributed by atoms with van der Waals surface area (Å²) in [4.78, 5) is 2.29. The number of rotatable bonds is 3. The Hall–Kier alpha value is -1.13. The summed E-state index contributed by atoms with van der Waals surface area (Å²) in [5.41, 5.74) is 8.19. The summed E-state index contributed by atoms with van der Waals surface area (Å²) in [6, 6.07) is 5.07. The van der Waals surface area contributed by atoms with Crippen molar-refractivity contribution in [1.29, 1.82) is 0 Å². The van der Waals surface area contributed by atoms with Gasteiger partial charge >= 0.3 is 0 Å². The maximum Gasteiger partial charge on any atom is 0.125 e. The van der Waals surface area contributed by atoms with Crippen LogP contribution in [0.4, 0.5) is 10.1 Å². The Balaban J connectivity index is 1.89. The lowest BCUT2D eigenvalue weighted by Crippen LogP contribution is -2.63. The van der Waals surface area contributed by atoms with Gasteiger partial charge in [-0.15, -0.1) is 0 Å². The van der Waals surface area contributed by atoms with Crippen molar-refractivity contribution < 1.29 is 9.13 Å². The number of hydrogen-bond donors (Lipinski definition) is 1. The van der Waals surface area contributed by atoms with Crippen LogP contribution in [-0.2, 0) is 11.2 Å². The average Bonchev–Trinajstić information content (AvgIpc) is 2.73. The van der Waals surface area contributed by atoms with Crippen molar-refractivity contribution >= 4 is 5.69 Å². The fourth-order valence-corrected chi connectivity index (χ4v) is 3.30. The molecule has 0 unspecified atom stereocenters. The van der Waals surface area contributed by atoms with E-state index >= 15 is 0 Å². The van der Waals surface area contributed by atoms with Gasteiger partial charge in [0.2, 0.25) is 0 Å². The molecule has 0 atom stereocenters. The van der Waals surface area contributed by atoms with Gasteiger partial charge in [0.15, 0.2) is 0 Å². The molecule has 1 fully saturated rings. The highest BCUT2D eigenvalue weighted by Crippen LogP contribution is 2.44. The van der Waals surface area contributed by atoms with Gasteiger partial charge in [0.1, 0.15) is 5.82 Å². The van der Waals surface area contributed by atoms with Gasteiger partial charge in [-0.05, 0) is 37.0 Å². The zero-order valence-corrected chi connectivity index (χ0v) is 10.7. The van der Waals surface area contributed by atoms with Gasteiger partial charge in [-0.1, -0.05) is 6.07 Å². The molecule has 18 heavy (non-hydrogen) atoms. The van der Waals surface area contributed by atoms with Crippen LogP contribution in [0, 0.1) is 5.82 Å². The van der Waals surface area contributed by atoms with Gasteiger partial charge in [0.05, 0.1) is 11.6 Å². The van der Waals surface area contributed by atoms with E-state index < -0.39 is 0 Å². The van der Waals surface area contributed by atoms with E-state index in [2.05, 4.69) is 4.90 Å². The molecule has 0 radical (unpaired) electrons. The Bertz CT molecular complexity index is 457. The smallest absolute Gasteiger partial charge is 0.125 e. The van der Waals surface area contributed by atoms with Crippen LogP contribution in [0.3, 0.4) is 0 Å². The number of hydrogen-bond acceptors (Lipinski definition) is 3. The molecule has 98 valence electrons. The number of halogens is 1. The summed E-state index contributed by atoms with van der Waals surface area (Å²) >= 11 is 0. The molecule has 3 rings (SSSR count). The van der Waals surface area contributed by atoms with Crippen LogP contribution in [0.25, 0.3) is 0 Å². The molecule has 3 nitrogen and oxygen atoms in total. The highest BCUT2D eigenvalue weighted by Gasteiger charge is 2.49. The standard InChI is InChI=1S/C14H19FN2O/c1-18-12-7-14(8-12,9-16)17-5-4-10-2-3-11(15)6-13(10)17/h2-3,6,12H,4-5,7-9,16H2,1H3. The monoisotopic (exact) mass is 250 g/mol. The summed E-state index contributed by atoms with van der Waals surface area (Å²) in [5.74, 6) is -0.171. The molecule has 2 N–H and O–H groups in total. The van der Waals surface area contributed by atoms with Gasteiger partial charge in [-0.25, -0.2) is 4.39 Å². The molecular weight excluding hydrogens is 231 g/mol. The van der Waals surface area contributed by atoms with E-state index in [0.29, 0.717) is 12.6 Å². The maximum atomic E-state index is 13.4. The SMILES string of the molecule is COC1CC(CN)(N2CCc3ccc(F)cc32)C1. The molecule has 1 saturated carbocycles. The number of nitrogens with two attached hydrogens (primary N) is 1. The van der Waals surface area contributed by atoms with Crippen LogP contribution in [0.2, 0.25) is 0 Å². The topological polar surface area (TPSA) is 38.5 Å². The zero-order valence-electron chi connectivity index (χ0n) is 10.7. The lowest BCUT2D eigenvalue weighted by Gasteiger charge is -2.53. The van der Waals surface area contributed by atoms with Gasteiger partial charge in [-0.2, -0.15) is 0 Å². The van der Waals surface area contributed by atoms with Crippen LogP contribution >= 0.6 is 0 Å². The second-order valence-electron chi connectivity index (χ2n) is 5.37. The van der Waals surface area contributed by atoms with E-state index in [4.69, 9.17) is 10.5 Å². The minimum atomic E-state index is -0.171. The lowest BCUT2D eigenvalue weighted by molar-refractivity contribution is -0.0134.